The molecule has 9 nitrogen and oxygen atoms in total. The largest absolute Gasteiger partial charge is 0.497 e. The minimum Gasteiger partial charge on any atom is -0.497 e. The van der Waals surface area contributed by atoms with Gasteiger partial charge in [-0.1, -0.05) is 42.5 Å². The van der Waals surface area contributed by atoms with Gasteiger partial charge in [-0.15, -0.1) is 11.8 Å². The summed E-state index contributed by atoms with van der Waals surface area (Å²) in [5, 5.41) is 8.03. The Morgan fingerprint density at radius 3 is 2.31 bits per heavy atom. The lowest BCUT2D eigenvalue weighted by Crippen LogP contribution is -2.30. The molecule has 3 N–H and O–H groups in total. The fraction of sp³-hybridized carbons (Fsp3) is 0.171. The maximum Gasteiger partial charge on any atom is 0.272 e. The second-order valence-corrected chi connectivity index (χ2v) is 11.1. The number of benzene rings is 4. The van der Waals surface area contributed by atoms with Crippen molar-refractivity contribution in [2.75, 3.05) is 31.5 Å². The summed E-state index contributed by atoms with van der Waals surface area (Å²) in [7, 11) is 3.08. The number of thioether (sulfide) groups is 1. The molecule has 0 fully saturated rings. The summed E-state index contributed by atoms with van der Waals surface area (Å²) >= 11 is 1.33. The first-order valence-electron chi connectivity index (χ1n) is 14.2. The first kappa shape index (κ1) is 32.7. The normalized spacial score (nSPS) is 11.6. The van der Waals surface area contributed by atoms with Gasteiger partial charge in [0, 0.05) is 27.8 Å². The molecular weight excluding hydrogens is 590 g/mol. The highest BCUT2D eigenvalue weighted by atomic mass is 32.2. The molecule has 0 saturated carbocycles. The van der Waals surface area contributed by atoms with Crippen molar-refractivity contribution in [2.24, 2.45) is 0 Å². The summed E-state index contributed by atoms with van der Waals surface area (Å²) in [6.07, 6.45) is 1.58. The van der Waals surface area contributed by atoms with E-state index in [1.54, 1.807) is 92.9 Å². The van der Waals surface area contributed by atoms with Gasteiger partial charge in [-0.2, -0.15) is 0 Å². The van der Waals surface area contributed by atoms with Crippen molar-refractivity contribution in [3.63, 3.8) is 0 Å². The van der Waals surface area contributed by atoms with Crippen molar-refractivity contribution in [1.82, 2.24) is 5.32 Å². The van der Waals surface area contributed by atoms with Gasteiger partial charge < -0.3 is 30.2 Å². The van der Waals surface area contributed by atoms with Gasteiger partial charge in [-0.05, 0) is 68.5 Å². The van der Waals surface area contributed by atoms with Gasteiger partial charge in [-0.25, -0.2) is 0 Å². The van der Waals surface area contributed by atoms with Gasteiger partial charge in [0.05, 0.1) is 31.8 Å². The molecule has 4 aromatic rings. The van der Waals surface area contributed by atoms with Crippen LogP contribution < -0.4 is 30.2 Å². The molecule has 0 aliphatic heterocycles. The van der Waals surface area contributed by atoms with Crippen LogP contribution in [0.1, 0.15) is 29.8 Å². The van der Waals surface area contributed by atoms with E-state index in [-0.39, 0.29) is 11.6 Å². The fourth-order valence-corrected chi connectivity index (χ4v) is 5.16. The van der Waals surface area contributed by atoms with Crippen LogP contribution in [0.25, 0.3) is 6.08 Å². The maximum atomic E-state index is 13.6. The Morgan fingerprint density at radius 1 is 0.822 bits per heavy atom. The van der Waals surface area contributed by atoms with Crippen molar-refractivity contribution >= 4 is 46.9 Å². The number of para-hydroxylation sites is 1. The third-order valence-electron chi connectivity index (χ3n) is 6.49. The van der Waals surface area contributed by atoms with E-state index in [9.17, 15) is 14.4 Å². The van der Waals surface area contributed by atoms with Crippen LogP contribution in [0.15, 0.2) is 108 Å². The smallest absolute Gasteiger partial charge is 0.272 e. The zero-order chi connectivity index (χ0) is 32.2. The molecule has 0 aliphatic carbocycles. The van der Waals surface area contributed by atoms with Crippen molar-refractivity contribution in [1.29, 1.82) is 0 Å². The van der Waals surface area contributed by atoms with Crippen molar-refractivity contribution in [3.05, 3.63) is 114 Å². The lowest BCUT2D eigenvalue weighted by molar-refractivity contribution is -0.115. The second kappa shape index (κ2) is 16.0. The number of carbonyl (C=O) groups is 3. The number of hydrogen-bond acceptors (Lipinski definition) is 7. The molecule has 10 heteroatoms. The van der Waals surface area contributed by atoms with E-state index in [2.05, 4.69) is 16.0 Å². The first-order valence-corrected chi connectivity index (χ1v) is 15.1. The third-order valence-corrected chi connectivity index (χ3v) is 7.58. The number of rotatable bonds is 13. The quantitative estimate of drug-likeness (QED) is 0.113. The van der Waals surface area contributed by atoms with Gasteiger partial charge in [0.2, 0.25) is 5.91 Å². The summed E-state index contributed by atoms with van der Waals surface area (Å²) < 4.78 is 16.4. The van der Waals surface area contributed by atoms with Crippen LogP contribution in [0.5, 0.6) is 17.2 Å². The maximum absolute atomic E-state index is 13.6. The summed E-state index contributed by atoms with van der Waals surface area (Å²) in [6.45, 7) is 4.10. The minimum atomic E-state index is -0.524. The zero-order valence-corrected chi connectivity index (χ0v) is 26.3. The number of anilines is 2. The summed E-state index contributed by atoms with van der Waals surface area (Å²) in [6, 6.07) is 28.2. The van der Waals surface area contributed by atoms with E-state index < -0.39 is 17.1 Å². The monoisotopic (exact) mass is 625 g/mol. The predicted octanol–water partition coefficient (Wildman–Crippen LogP) is 6.63. The SMILES string of the molecule is CCOc1ccccc1/C=C(/NC(=O)c1ccccc1)C(=O)Nc1cccc(SC(C)C(=O)Nc2cc(OC)ccc2OC)c1. The van der Waals surface area contributed by atoms with Gasteiger partial charge >= 0.3 is 0 Å². The van der Waals surface area contributed by atoms with Crippen LogP contribution in [-0.2, 0) is 9.59 Å². The van der Waals surface area contributed by atoms with Gasteiger partial charge in [0.25, 0.3) is 11.8 Å². The molecule has 0 spiro atoms. The highest BCUT2D eigenvalue weighted by molar-refractivity contribution is 8.00. The van der Waals surface area contributed by atoms with Crippen LogP contribution in [0.2, 0.25) is 0 Å². The highest BCUT2D eigenvalue weighted by Crippen LogP contribution is 2.31. The molecule has 45 heavy (non-hydrogen) atoms. The van der Waals surface area contributed by atoms with Crippen LogP contribution in [0.4, 0.5) is 11.4 Å². The molecule has 0 aromatic heterocycles. The molecule has 4 rings (SSSR count). The van der Waals surface area contributed by atoms with E-state index in [1.165, 1.54) is 18.9 Å². The predicted molar refractivity (Wildman–Crippen MR) is 178 cm³/mol. The molecule has 0 aliphatic rings. The van der Waals surface area contributed by atoms with E-state index >= 15 is 0 Å². The van der Waals surface area contributed by atoms with E-state index in [0.29, 0.717) is 46.4 Å². The second-order valence-electron chi connectivity index (χ2n) is 9.65. The number of methoxy groups -OCH3 is 2. The molecule has 232 valence electrons. The van der Waals surface area contributed by atoms with Crippen LogP contribution >= 0.6 is 11.8 Å². The summed E-state index contributed by atoms with van der Waals surface area (Å²) in [5.41, 5.74) is 2.07. The van der Waals surface area contributed by atoms with Crippen molar-refractivity contribution in [2.45, 2.75) is 24.0 Å². The van der Waals surface area contributed by atoms with Crippen LogP contribution in [-0.4, -0.2) is 43.8 Å². The Hall–Kier alpha value is -5.22. The van der Waals surface area contributed by atoms with Crippen LogP contribution in [0.3, 0.4) is 0 Å². The van der Waals surface area contributed by atoms with Gasteiger partial charge in [0.1, 0.15) is 22.9 Å². The first-order chi connectivity index (χ1) is 21.8. The topological polar surface area (TPSA) is 115 Å². The summed E-state index contributed by atoms with van der Waals surface area (Å²) in [4.78, 5) is 40.4. The van der Waals surface area contributed by atoms with Gasteiger partial charge in [0.15, 0.2) is 0 Å². The number of hydrogen-bond donors (Lipinski definition) is 3. The van der Waals surface area contributed by atoms with E-state index in [4.69, 9.17) is 14.2 Å². The molecule has 1 unspecified atom stereocenters. The Labute approximate surface area is 267 Å². The fourth-order valence-electron chi connectivity index (χ4n) is 4.23. The molecule has 0 heterocycles. The number of ether oxygens (including phenoxy) is 3. The van der Waals surface area contributed by atoms with Crippen molar-refractivity contribution in [3.8, 4) is 17.2 Å². The highest BCUT2D eigenvalue weighted by Gasteiger charge is 2.19. The molecule has 0 saturated heterocycles. The number of amides is 3. The molecule has 0 radical (unpaired) electrons. The lowest BCUT2D eigenvalue weighted by Gasteiger charge is -2.16. The minimum absolute atomic E-state index is 0.0362. The standard InChI is InChI=1S/C35H35N3O6S/c1-5-44-31-17-10-9-14-25(31)20-30(38-34(40)24-12-7-6-8-13-24)35(41)36-26-15-11-16-28(21-26)45-23(2)33(39)37-29-22-27(42-3)18-19-32(29)43-4/h6-23H,5H2,1-4H3,(H,36,41)(H,37,39)(H,38,40)/b30-20+. The van der Waals surface area contributed by atoms with E-state index in [0.717, 1.165) is 4.90 Å². The van der Waals surface area contributed by atoms with Gasteiger partial charge in [-0.3, -0.25) is 14.4 Å². The lowest BCUT2D eigenvalue weighted by atomic mass is 10.1. The Balaban J connectivity index is 1.51. The molecule has 3 amide bonds. The van der Waals surface area contributed by atoms with Crippen LogP contribution in [0, 0.1) is 0 Å². The average molecular weight is 626 g/mol. The third kappa shape index (κ3) is 9.14. The number of nitrogens with one attached hydrogen (secondary N) is 3. The Bertz CT molecular complexity index is 1680. The van der Waals surface area contributed by atoms with Crippen molar-refractivity contribution < 1.29 is 28.6 Å². The molecular formula is C35H35N3O6S. The van der Waals surface area contributed by atoms with E-state index in [1.807, 2.05) is 31.2 Å². The average Bonchev–Trinajstić information content (AvgIpc) is 3.05. The summed E-state index contributed by atoms with van der Waals surface area (Å²) in [5.74, 6) is 0.494. The Morgan fingerprint density at radius 2 is 1.58 bits per heavy atom. The number of carbonyl (C=O) groups excluding carboxylic acids is 3. The Kier molecular flexibility index (Phi) is 11.6. The zero-order valence-electron chi connectivity index (χ0n) is 25.5. The molecule has 1 atom stereocenters. The molecule has 0 bridgehead atoms. The molecule has 4 aromatic carbocycles.